The fraction of sp³-hybridized carbons (Fsp3) is 0.250. The molecule has 1 N–H and O–H groups in total. The monoisotopic (exact) mass is 273 g/mol. The van der Waals surface area contributed by atoms with E-state index in [1.807, 2.05) is 0 Å². The van der Waals surface area contributed by atoms with Crippen molar-refractivity contribution < 1.29 is 18.3 Å². The molecule has 1 unspecified atom stereocenters. The van der Waals surface area contributed by atoms with Crippen molar-refractivity contribution in [2.75, 3.05) is 0 Å². The minimum Gasteiger partial charge on any atom is -0.386 e. The Morgan fingerprint density at radius 1 is 1.33 bits per heavy atom. The normalized spacial score (nSPS) is 13.6. The Kier molecular flexibility index (Phi) is 3.41. The molecule has 0 aliphatic carbocycles. The quantitative estimate of drug-likeness (QED) is 0.900. The van der Waals surface area contributed by atoms with Crippen LogP contribution in [0.4, 0.5) is 13.2 Å². The van der Waals surface area contributed by atoms with E-state index in [-0.39, 0.29) is 0 Å². The summed E-state index contributed by atoms with van der Waals surface area (Å²) in [5, 5.41) is 11.5. The molecule has 0 bridgehead atoms. The van der Waals surface area contributed by atoms with Gasteiger partial charge in [-0.05, 0) is 19.1 Å². The molecule has 0 saturated heterocycles. The molecule has 0 saturated carbocycles. The van der Waals surface area contributed by atoms with Crippen LogP contribution in [0, 0.1) is 0 Å². The predicted octanol–water partition coefficient (Wildman–Crippen LogP) is 3.88. The number of aliphatic hydroxyl groups is 1. The van der Waals surface area contributed by atoms with Crippen molar-refractivity contribution in [1.82, 2.24) is 4.98 Å². The number of nitrogens with zero attached hydrogens (tertiary/aromatic N) is 1. The third kappa shape index (κ3) is 2.70. The first kappa shape index (κ1) is 13.0. The first-order valence-corrected chi connectivity index (χ1v) is 6.07. The molecule has 0 radical (unpaired) electrons. The summed E-state index contributed by atoms with van der Waals surface area (Å²) < 4.78 is 37.7. The minimum atomic E-state index is -4.36. The van der Waals surface area contributed by atoms with E-state index in [1.165, 1.54) is 17.4 Å². The van der Waals surface area contributed by atoms with Crippen molar-refractivity contribution in [3.63, 3.8) is 0 Å². The van der Waals surface area contributed by atoms with Crippen LogP contribution in [-0.4, -0.2) is 10.1 Å². The molecule has 0 amide bonds. The molecule has 18 heavy (non-hydrogen) atoms. The van der Waals surface area contributed by atoms with Crippen molar-refractivity contribution in [1.29, 1.82) is 0 Å². The third-order valence-electron chi connectivity index (χ3n) is 2.37. The van der Waals surface area contributed by atoms with Crippen LogP contribution < -0.4 is 0 Å². The van der Waals surface area contributed by atoms with Gasteiger partial charge in [0.25, 0.3) is 0 Å². The maximum Gasteiger partial charge on any atom is 0.416 e. The zero-order valence-electron chi connectivity index (χ0n) is 9.40. The SMILES string of the molecule is CC(O)c1nc(-c2cccc(C(F)(F)F)c2)cs1. The Bertz CT molecular complexity index is 548. The fourth-order valence-corrected chi connectivity index (χ4v) is 2.24. The Labute approximate surface area is 106 Å². The summed E-state index contributed by atoms with van der Waals surface area (Å²) in [6.07, 6.45) is -5.08. The van der Waals surface area contributed by atoms with E-state index in [0.29, 0.717) is 16.3 Å². The lowest BCUT2D eigenvalue weighted by Gasteiger charge is -2.07. The highest BCUT2D eigenvalue weighted by molar-refractivity contribution is 7.10. The number of alkyl halides is 3. The van der Waals surface area contributed by atoms with Gasteiger partial charge in [-0.3, -0.25) is 0 Å². The number of aromatic nitrogens is 1. The van der Waals surface area contributed by atoms with Gasteiger partial charge in [-0.1, -0.05) is 12.1 Å². The number of halogens is 3. The van der Waals surface area contributed by atoms with Crippen LogP contribution in [0.3, 0.4) is 0 Å². The Hall–Kier alpha value is -1.40. The van der Waals surface area contributed by atoms with Crippen molar-refractivity contribution in [2.45, 2.75) is 19.2 Å². The van der Waals surface area contributed by atoms with Crippen LogP contribution in [0.1, 0.15) is 23.6 Å². The van der Waals surface area contributed by atoms with Crippen molar-refractivity contribution >= 4 is 11.3 Å². The second-order valence-electron chi connectivity index (χ2n) is 3.83. The molecule has 6 heteroatoms. The van der Waals surface area contributed by atoms with Gasteiger partial charge in [0.05, 0.1) is 11.3 Å². The number of benzene rings is 1. The zero-order chi connectivity index (χ0) is 13.3. The molecule has 0 fully saturated rings. The standard InChI is InChI=1S/C12H10F3NOS/c1-7(17)11-16-10(6-18-11)8-3-2-4-9(5-8)12(13,14)15/h2-7,17H,1H3. The van der Waals surface area contributed by atoms with Gasteiger partial charge < -0.3 is 5.11 Å². The van der Waals surface area contributed by atoms with Crippen LogP contribution >= 0.6 is 11.3 Å². The summed E-state index contributed by atoms with van der Waals surface area (Å²) in [6, 6.07) is 4.99. The fourth-order valence-electron chi connectivity index (χ4n) is 1.47. The number of aliphatic hydroxyl groups excluding tert-OH is 1. The molecule has 0 aliphatic rings. The van der Waals surface area contributed by atoms with Crippen LogP contribution in [0.15, 0.2) is 29.6 Å². The molecule has 2 rings (SSSR count). The van der Waals surface area contributed by atoms with E-state index >= 15 is 0 Å². The summed E-state index contributed by atoms with van der Waals surface area (Å²) in [4.78, 5) is 4.10. The van der Waals surface area contributed by atoms with E-state index in [9.17, 15) is 18.3 Å². The highest BCUT2D eigenvalue weighted by Crippen LogP contribution is 2.32. The Morgan fingerprint density at radius 3 is 2.61 bits per heavy atom. The van der Waals surface area contributed by atoms with Crippen LogP contribution in [0.5, 0.6) is 0 Å². The molecule has 1 aromatic carbocycles. The highest BCUT2D eigenvalue weighted by atomic mass is 32.1. The number of rotatable bonds is 2. The van der Waals surface area contributed by atoms with E-state index in [2.05, 4.69) is 4.98 Å². The summed E-state index contributed by atoms with van der Waals surface area (Å²) in [7, 11) is 0. The molecule has 2 aromatic rings. The van der Waals surface area contributed by atoms with Gasteiger partial charge in [0, 0.05) is 10.9 Å². The second kappa shape index (κ2) is 4.70. The Balaban J connectivity index is 2.38. The second-order valence-corrected chi connectivity index (χ2v) is 4.72. The van der Waals surface area contributed by atoms with Gasteiger partial charge in [0.1, 0.15) is 11.1 Å². The molecule has 0 spiro atoms. The molecule has 1 heterocycles. The van der Waals surface area contributed by atoms with Crippen LogP contribution in [0.2, 0.25) is 0 Å². The molecular weight excluding hydrogens is 263 g/mol. The van der Waals surface area contributed by atoms with Gasteiger partial charge in [-0.15, -0.1) is 11.3 Å². The number of hydrogen-bond acceptors (Lipinski definition) is 3. The number of hydrogen-bond donors (Lipinski definition) is 1. The predicted molar refractivity (Wildman–Crippen MR) is 63.2 cm³/mol. The average Bonchev–Trinajstić information content (AvgIpc) is 2.77. The largest absolute Gasteiger partial charge is 0.416 e. The zero-order valence-corrected chi connectivity index (χ0v) is 10.2. The molecule has 1 aromatic heterocycles. The summed E-state index contributed by atoms with van der Waals surface area (Å²) in [6.45, 7) is 1.56. The summed E-state index contributed by atoms with van der Waals surface area (Å²) in [5.74, 6) is 0. The lowest BCUT2D eigenvalue weighted by molar-refractivity contribution is -0.137. The minimum absolute atomic E-state index is 0.396. The van der Waals surface area contributed by atoms with Crippen LogP contribution in [-0.2, 0) is 6.18 Å². The van der Waals surface area contributed by atoms with Crippen molar-refractivity contribution in [2.24, 2.45) is 0 Å². The van der Waals surface area contributed by atoms with Gasteiger partial charge in [0.2, 0.25) is 0 Å². The maximum atomic E-state index is 12.6. The van der Waals surface area contributed by atoms with Gasteiger partial charge in [-0.2, -0.15) is 13.2 Å². The van der Waals surface area contributed by atoms with E-state index < -0.39 is 17.8 Å². The lowest BCUT2D eigenvalue weighted by atomic mass is 10.1. The molecule has 0 aliphatic heterocycles. The molecule has 96 valence electrons. The van der Waals surface area contributed by atoms with Gasteiger partial charge in [-0.25, -0.2) is 4.98 Å². The Morgan fingerprint density at radius 2 is 2.06 bits per heavy atom. The molecule has 1 atom stereocenters. The first-order valence-electron chi connectivity index (χ1n) is 5.19. The van der Waals surface area contributed by atoms with Crippen molar-refractivity contribution in [3.8, 4) is 11.3 Å². The summed E-state index contributed by atoms with van der Waals surface area (Å²) >= 11 is 1.22. The smallest absolute Gasteiger partial charge is 0.386 e. The van der Waals surface area contributed by atoms with E-state index in [0.717, 1.165) is 12.1 Å². The van der Waals surface area contributed by atoms with Crippen LogP contribution in [0.25, 0.3) is 11.3 Å². The average molecular weight is 273 g/mol. The third-order valence-corrected chi connectivity index (χ3v) is 3.38. The highest BCUT2D eigenvalue weighted by Gasteiger charge is 2.30. The van der Waals surface area contributed by atoms with E-state index in [1.54, 1.807) is 18.4 Å². The van der Waals surface area contributed by atoms with Crippen molar-refractivity contribution in [3.05, 3.63) is 40.2 Å². The maximum absolute atomic E-state index is 12.6. The van der Waals surface area contributed by atoms with E-state index in [4.69, 9.17) is 0 Å². The lowest BCUT2D eigenvalue weighted by Crippen LogP contribution is -2.04. The first-order chi connectivity index (χ1) is 8.38. The topological polar surface area (TPSA) is 33.1 Å². The molecule has 2 nitrogen and oxygen atoms in total. The summed E-state index contributed by atoms with van der Waals surface area (Å²) in [5.41, 5.74) is 0.140. The van der Waals surface area contributed by atoms with Gasteiger partial charge >= 0.3 is 6.18 Å². The number of thiazole rings is 1. The van der Waals surface area contributed by atoms with Gasteiger partial charge in [0.15, 0.2) is 0 Å². The molecular formula is C12H10F3NOS.